The topological polar surface area (TPSA) is 144 Å². The maximum atomic E-state index is 15.3. The zero-order valence-electron chi connectivity index (χ0n) is 19.7. The molecule has 5 rings (SSSR count). The summed E-state index contributed by atoms with van der Waals surface area (Å²) in [6.07, 6.45) is 4.62. The van der Waals surface area contributed by atoms with Gasteiger partial charge in [-0.25, -0.2) is 14.2 Å². The van der Waals surface area contributed by atoms with Crippen LogP contribution in [0.4, 0.5) is 10.2 Å². The Bertz CT molecular complexity index is 1540. The Balaban J connectivity index is 1.44. The van der Waals surface area contributed by atoms with Gasteiger partial charge < -0.3 is 19.7 Å². The summed E-state index contributed by atoms with van der Waals surface area (Å²) in [6, 6.07) is 10.1. The van der Waals surface area contributed by atoms with Gasteiger partial charge in [0.15, 0.2) is 11.6 Å². The molecule has 2 aliphatic rings. The lowest BCUT2D eigenvalue weighted by Crippen LogP contribution is -2.25. The highest BCUT2D eigenvalue weighted by atomic mass is 19.1. The van der Waals surface area contributed by atoms with E-state index < -0.39 is 29.5 Å². The predicted octanol–water partition coefficient (Wildman–Crippen LogP) is 2.39. The quantitative estimate of drug-likeness (QED) is 0.472. The first kappa shape index (κ1) is 24.3. The van der Waals surface area contributed by atoms with Gasteiger partial charge >= 0.3 is 5.97 Å². The standard InChI is InChI=1S/C26H23FN6O4/c27-21-7-19-23(35)20(26(36)37)12-33(18-5-6-18)24(19)31-25(21)32-11-17(22(13-32)30-14-34)10-29-9-16-3-1-15(8-28)2-4-16/h1-4,7,9,12,17-18,34H,5-6,10-11,13-14H2,(H,36,37). The number of halogens is 1. The Hall–Kier alpha value is -4.43. The van der Waals surface area contributed by atoms with Gasteiger partial charge in [-0.05, 0) is 36.6 Å². The highest BCUT2D eigenvalue weighted by molar-refractivity contribution is 5.95. The van der Waals surface area contributed by atoms with Crippen molar-refractivity contribution in [1.29, 1.82) is 5.26 Å². The van der Waals surface area contributed by atoms with Crippen LogP contribution in [0.1, 0.15) is 40.4 Å². The van der Waals surface area contributed by atoms with E-state index in [-0.39, 0.29) is 35.4 Å². The average molecular weight is 503 g/mol. The summed E-state index contributed by atoms with van der Waals surface area (Å²) >= 11 is 0. The van der Waals surface area contributed by atoms with Crippen LogP contribution in [-0.4, -0.2) is 64.0 Å². The van der Waals surface area contributed by atoms with Gasteiger partial charge in [0.05, 0.1) is 23.6 Å². The van der Waals surface area contributed by atoms with Gasteiger partial charge in [0.25, 0.3) is 0 Å². The molecular weight excluding hydrogens is 479 g/mol. The molecule has 1 atom stereocenters. The lowest BCUT2D eigenvalue weighted by molar-refractivity contribution is 0.0694. The van der Waals surface area contributed by atoms with Crippen molar-refractivity contribution in [1.82, 2.24) is 9.55 Å². The molecule has 1 saturated carbocycles. The molecule has 2 fully saturated rings. The molecule has 3 heterocycles. The number of rotatable bonds is 7. The van der Waals surface area contributed by atoms with Crippen molar-refractivity contribution in [2.75, 3.05) is 31.3 Å². The second kappa shape index (κ2) is 9.91. The molecule has 1 aromatic carbocycles. The largest absolute Gasteiger partial charge is 0.477 e. The fraction of sp³-hybridized carbons (Fsp3) is 0.308. The third-order valence-corrected chi connectivity index (χ3v) is 6.55. The summed E-state index contributed by atoms with van der Waals surface area (Å²) in [5, 5.41) is 27.7. The van der Waals surface area contributed by atoms with Crippen molar-refractivity contribution in [3.63, 3.8) is 0 Å². The number of carboxylic acids is 1. The normalized spacial score (nSPS) is 18.7. The molecule has 10 nitrogen and oxygen atoms in total. The minimum Gasteiger partial charge on any atom is -0.477 e. The maximum Gasteiger partial charge on any atom is 0.341 e. The number of carboxylic acid groups (broad SMARTS) is 1. The molecule has 3 aromatic rings. The molecule has 0 amide bonds. The lowest BCUT2D eigenvalue weighted by atomic mass is 10.1. The highest BCUT2D eigenvalue weighted by Crippen LogP contribution is 2.37. The van der Waals surface area contributed by atoms with Gasteiger partial charge in [0, 0.05) is 43.2 Å². The fourth-order valence-electron chi connectivity index (χ4n) is 4.53. The molecule has 1 saturated heterocycles. The highest BCUT2D eigenvalue weighted by Gasteiger charge is 2.33. The number of hydrogen-bond donors (Lipinski definition) is 2. The van der Waals surface area contributed by atoms with Crippen LogP contribution in [0.5, 0.6) is 0 Å². The first-order chi connectivity index (χ1) is 17.9. The molecule has 0 spiro atoms. The van der Waals surface area contributed by atoms with Gasteiger partial charge in [0.2, 0.25) is 5.43 Å². The number of anilines is 1. The third-order valence-electron chi connectivity index (χ3n) is 6.55. The molecule has 1 aliphatic carbocycles. The summed E-state index contributed by atoms with van der Waals surface area (Å²) in [5.41, 5.74) is 1.11. The Morgan fingerprint density at radius 3 is 2.70 bits per heavy atom. The zero-order valence-corrected chi connectivity index (χ0v) is 19.7. The van der Waals surface area contributed by atoms with Crippen LogP contribution >= 0.6 is 0 Å². The zero-order chi connectivity index (χ0) is 26.1. The van der Waals surface area contributed by atoms with E-state index in [9.17, 15) is 19.8 Å². The second-order valence-corrected chi connectivity index (χ2v) is 9.08. The number of aliphatic hydroxyl groups is 1. The van der Waals surface area contributed by atoms with Gasteiger partial charge in [-0.15, -0.1) is 0 Å². The lowest BCUT2D eigenvalue weighted by Gasteiger charge is -2.19. The molecule has 0 radical (unpaired) electrons. The molecule has 37 heavy (non-hydrogen) atoms. The first-order valence-electron chi connectivity index (χ1n) is 11.8. The second-order valence-electron chi connectivity index (χ2n) is 9.08. The summed E-state index contributed by atoms with van der Waals surface area (Å²) in [7, 11) is 0. The number of nitrogens with zero attached hydrogens (tertiary/aromatic N) is 6. The van der Waals surface area contributed by atoms with Crippen LogP contribution in [0.25, 0.3) is 11.0 Å². The van der Waals surface area contributed by atoms with Gasteiger partial charge in [-0.1, -0.05) is 12.1 Å². The summed E-state index contributed by atoms with van der Waals surface area (Å²) in [4.78, 5) is 39.1. The van der Waals surface area contributed by atoms with Crippen LogP contribution in [0, 0.1) is 23.1 Å². The Morgan fingerprint density at radius 1 is 1.30 bits per heavy atom. The third kappa shape index (κ3) is 4.83. The van der Waals surface area contributed by atoms with Crippen LogP contribution < -0.4 is 10.3 Å². The van der Waals surface area contributed by atoms with E-state index in [0.717, 1.165) is 24.5 Å². The SMILES string of the molecule is N#Cc1ccc(C=NCC2CN(c3nc4c(cc3F)c(=O)c(C(=O)O)cn4C3CC3)CC2=NCO)cc1. The van der Waals surface area contributed by atoms with Crippen LogP contribution in [0.2, 0.25) is 0 Å². The first-order valence-corrected chi connectivity index (χ1v) is 11.8. The molecule has 1 aliphatic heterocycles. The molecule has 1 unspecified atom stereocenters. The fourth-order valence-corrected chi connectivity index (χ4v) is 4.53. The number of aromatic nitrogens is 2. The maximum absolute atomic E-state index is 15.3. The monoisotopic (exact) mass is 502 g/mol. The van der Waals surface area contributed by atoms with E-state index in [0.29, 0.717) is 24.4 Å². The summed E-state index contributed by atoms with van der Waals surface area (Å²) in [6.45, 7) is 0.513. The number of aliphatic hydroxyl groups excluding tert-OH is 1. The van der Waals surface area contributed by atoms with Crippen molar-refractivity contribution in [2.24, 2.45) is 15.9 Å². The Morgan fingerprint density at radius 2 is 2.05 bits per heavy atom. The number of pyridine rings is 2. The number of fused-ring (bicyclic) bond motifs is 1. The van der Waals surface area contributed by atoms with Crippen LogP contribution in [0.3, 0.4) is 0 Å². The number of aromatic carboxylic acids is 1. The number of aliphatic imine (C=N–C) groups is 2. The number of carbonyl (C=O) groups is 1. The number of benzene rings is 1. The van der Waals surface area contributed by atoms with Crippen LogP contribution in [0.15, 0.2) is 51.3 Å². The van der Waals surface area contributed by atoms with Gasteiger partial charge in [-0.2, -0.15) is 5.26 Å². The van der Waals surface area contributed by atoms with Gasteiger partial charge in [-0.3, -0.25) is 14.8 Å². The van der Waals surface area contributed by atoms with E-state index >= 15 is 4.39 Å². The number of hydrogen-bond acceptors (Lipinski definition) is 8. The average Bonchev–Trinajstić information content (AvgIpc) is 3.66. The molecular formula is C26H23FN6O4. The summed E-state index contributed by atoms with van der Waals surface area (Å²) in [5.74, 6) is -2.26. The Labute approximate surface area is 210 Å². The molecule has 188 valence electrons. The number of nitriles is 1. The molecule has 2 N–H and O–H groups in total. The van der Waals surface area contributed by atoms with E-state index in [1.807, 2.05) is 0 Å². The summed E-state index contributed by atoms with van der Waals surface area (Å²) < 4.78 is 16.9. The van der Waals surface area contributed by atoms with E-state index in [1.54, 1.807) is 39.9 Å². The minimum absolute atomic E-state index is 0.0152. The van der Waals surface area contributed by atoms with Crippen molar-refractivity contribution < 1.29 is 19.4 Å². The van der Waals surface area contributed by atoms with E-state index in [2.05, 4.69) is 21.0 Å². The Kier molecular flexibility index (Phi) is 6.50. The van der Waals surface area contributed by atoms with Crippen LogP contribution in [-0.2, 0) is 0 Å². The molecule has 0 bridgehead atoms. The van der Waals surface area contributed by atoms with Crippen molar-refractivity contribution in [3.05, 3.63) is 69.3 Å². The molecule has 2 aromatic heterocycles. The van der Waals surface area contributed by atoms with E-state index in [1.165, 1.54) is 6.20 Å². The van der Waals surface area contributed by atoms with Crippen molar-refractivity contribution in [2.45, 2.75) is 18.9 Å². The van der Waals surface area contributed by atoms with E-state index in [4.69, 9.17) is 5.26 Å². The van der Waals surface area contributed by atoms with Crippen molar-refractivity contribution in [3.8, 4) is 6.07 Å². The predicted molar refractivity (Wildman–Crippen MR) is 135 cm³/mol. The van der Waals surface area contributed by atoms with Crippen molar-refractivity contribution >= 4 is 34.7 Å². The molecule has 11 heteroatoms. The van der Waals surface area contributed by atoms with Gasteiger partial charge in [0.1, 0.15) is 17.9 Å². The minimum atomic E-state index is -1.36. The smallest absolute Gasteiger partial charge is 0.341 e.